The van der Waals surface area contributed by atoms with Crippen LogP contribution in [0.1, 0.15) is 26.5 Å². The maximum absolute atomic E-state index is 12.6. The van der Waals surface area contributed by atoms with Gasteiger partial charge in [-0.1, -0.05) is 24.3 Å². The summed E-state index contributed by atoms with van der Waals surface area (Å²) in [6.07, 6.45) is 2.49. The number of hydrogen-bond acceptors (Lipinski definition) is 4. The maximum Gasteiger partial charge on any atom is 0.418 e. The smallest absolute Gasteiger partial charge is 0.418 e. The van der Waals surface area contributed by atoms with E-state index < -0.39 is 21.5 Å². The minimum absolute atomic E-state index is 0.295. The van der Waals surface area contributed by atoms with Crippen molar-refractivity contribution in [1.82, 2.24) is 9.13 Å². The van der Waals surface area contributed by atoms with Crippen LogP contribution in [0, 0.1) is 6.92 Å². The molecule has 0 aliphatic carbocycles. The molecule has 0 fully saturated rings. The fourth-order valence-electron chi connectivity index (χ4n) is 3.85. The number of carbonyl (C=O) groups is 1. The molecule has 2 aromatic heterocycles. The Hall–Kier alpha value is -3.58. The van der Waals surface area contributed by atoms with Gasteiger partial charge in [0.1, 0.15) is 5.60 Å². The van der Waals surface area contributed by atoms with Gasteiger partial charge in [0.2, 0.25) is 0 Å². The molecule has 0 spiro atoms. The van der Waals surface area contributed by atoms with E-state index >= 15 is 0 Å². The van der Waals surface area contributed by atoms with Gasteiger partial charge in [0, 0.05) is 23.8 Å². The number of aromatic nitrogens is 2. The van der Waals surface area contributed by atoms with Crippen LogP contribution in [0.3, 0.4) is 0 Å². The number of aryl methyl sites for hydroxylation is 1. The molecular formula is C27H28N2O4S. The van der Waals surface area contributed by atoms with Crippen LogP contribution >= 0.6 is 0 Å². The van der Waals surface area contributed by atoms with Crippen LogP contribution in [0.5, 0.6) is 0 Å². The van der Waals surface area contributed by atoms with E-state index in [1.165, 1.54) is 10.8 Å². The third-order valence-electron chi connectivity index (χ3n) is 5.41. The summed E-state index contributed by atoms with van der Waals surface area (Å²) in [6, 6.07) is 22.6. The van der Waals surface area contributed by atoms with E-state index in [2.05, 4.69) is 4.57 Å². The Bertz CT molecular complexity index is 1440. The molecule has 4 aromatic rings. The highest BCUT2D eigenvalue weighted by Crippen LogP contribution is 2.29. The third kappa shape index (κ3) is 4.84. The van der Waals surface area contributed by atoms with Crippen LogP contribution < -0.4 is 0 Å². The summed E-state index contributed by atoms with van der Waals surface area (Å²) in [5.74, 6) is 0. The van der Waals surface area contributed by atoms with Crippen molar-refractivity contribution in [3.05, 3.63) is 84.7 Å². The Labute approximate surface area is 200 Å². The summed E-state index contributed by atoms with van der Waals surface area (Å²) in [6.45, 7) is 7.55. The molecule has 0 aliphatic rings. The summed E-state index contributed by atoms with van der Waals surface area (Å²) >= 11 is 0. The van der Waals surface area contributed by atoms with Crippen molar-refractivity contribution in [3.63, 3.8) is 0 Å². The highest BCUT2D eigenvalue weighted by molar-refractivity contribution is 7.90. The third-order valence-corrected chi connectivity index (χ3v) is 6.54. The van der Waals surface area contributed by atoms with Crippen molar-refractivity contribution in [2.24, 2.45) is 0 Å². The molecule has 0 radical (unpaired) electrons. The highest BCUT2D eigenvalue weighted by Gasteiger charge is 2.20. The van der Waals surface area contributed by atoms with Gasteiger partial charge in [-0.3, -0.25) is 4.57 Å². The number of nitrogens with zero attached hydrogens (tertiary/aromatic N) is 2. The SMILES string of the molecule is Cc1ccc(-c2ccc(S(C)(=O)=O)cc2)n1-c1ccc(-c2cccn2C(=O)OC(C)(C)C)cc1. The molecule has 2 aromatic carbocycles. The van der Waals surface area contributed by atoms with Gasteiger partial charge < -0.3 is 9.30 Å². The fraction of sp³-hybridized carbons (Fsp3) is 0.222. The Kier molecular flexibility index (Phi) is 6.00. The Morgan fingerprint density at radius 3 is 2.00 bits per heavy atom. The van der Waals surface area contributed by atoms with E-state index in [1.807, 2.05) is 88.4 Å². The number of carbonyl (C=O) groups excluding carboxylic acids is 1. The van der Waals surface area contributed by atoms with Gasteiger partial charge in [0.25, 0.3) is 0 Å². The minimum atomic E-state index is -3.25. The minimum Gasteiger partial charge on any atom is -0.443 e. The molecule has 34 heavy (non-hydrogen) atoms. The molecule has 0 N–H and O–H groups in total. The largest absolute Gasteiger partial charge is 0.443 e. The maximum atomic E-state index is 12.6. The number of ether oxygens (including phenoxy) is 1. The summed E-state index contributed by atoms with van der Waals surface area (Å²) in [5.41, 5.74) is 4.96. The standard InChI is InChI=1S/C27H28N2O4S/c1-19-8-17-25(21-11-15-23(16-12-21)34(5,31)32)29(19)22-13-9-20(10-14-22)24-7-6-18-28(24)26(30)33-27(2,3)4/h6-18H,1-5H3. The van der Waals surface area contributed by atoms with Gasteiger partial charge in [0.15, 0.2) is 9.84 Å². The quantitative estimate of drug-likeness (QED) is 0.356. The monoisotopic (exact) mass is 476 g/mol. The van der Waals surface area contributed by atoms with Crippen molar-refractivity contribution in [1.29, 1.82) is 0 Å². The second kappa shape index (κ2) is 8.65. The predicted octanol–water partition coefficient (Wildman–Crippen LogP) is 6.11. The lowest BCUT2D eigenvalue weighted by molar-refractivity contribution is 0.0540. The Morgan fingerprint density at radius 2 is 1.41 bits per heavy atom. The molecule has 6 nitrogen and oxygen atoms in total. The predicted molar refractivity (Wildman–Crippen MR) is 134 cm³/mol. The topological polar surface area (TPSA) is 70.3 Å². The zero-order chi connectivity index (χ0) is 24.7. The molecule has 2 heterocycles. The summed E-state index contributed by atoms with van der Waals surface area (Å²) < 4.78 is 32.7. The number of rotatable bonds is 4. The van der Waals surface area contributed by atoms with E-state index in [0.29, 0.717) is 4.90 Å². The molecule has 176 valence electrons. The van der Waals surface area contributed by atoms with Crippen LogP contribution in [-0.2, 0) is 14.6 Å². The molecule has 0 saturated heterocycles. The van der Waals surface area contributed by atoms with E-state index in [4.69, 9.17) is 4.74 Å². The van der Waals surface area contributed by atoms with E-state index in [0.717, 1.165) is 33.9 Å². The summed E-state index contributed by atoms with van der Waals surface area (Å²) in [5, 5.41) is 0. The van der Waals surface area contributed by atoms with Crippen molar-refractivity contribution >= 4 is 15.9 Å². The lowest BCUT2D eigenvalue weighted by atomic mass is 10.1. The average molecular weight is 477 g/mol. The van der Waals surface area contributed by atoms with Crippen molar-refractivity contribution < 1.29 is 17.9 Å². The second-order valence-electron chi connectivity index (χ2n) is 9.28. The molecular weight excluding hydrogens is 448 g/mol. The van der Waals surface area contributed by atoms with Crippen molar-refractivity contribution in [2.75, 3.05) is 6.26 Å². The van der Waals surface area contributed by atoms with Gasteiger partial charge in [-0.2, -0.15) is 0 Å². The second-order valence-corrected chi connectivity index (χ2v) is 11.3. The first-order valence-corrected chi connectivity index (χ1v) is 12.8. The molecule has 7 heteroatoms. The van der Waals surface area contributed by atoms with Crippen molar-refractivity contribution in [3.8, 4) is 28.2 Å². The molecule has 0 aliphatic heterocycles. The number of benzene rings is 2. The van der Waals surface area contributed by atoms with Gasteiger partial charge >= 0.3 is 6.09 Å². The average Bonchev–Trinajstić information content (AvgIpc) is 3.39. The zero-order valence-electron chi connectivity index (χ0n) is 19.9. The first kappa shape index (κ1) is 23.6. The van der Waals surface area contributed by atoms with E-state index in [9.17, 15) is 13.2 Å². The molecule has 0 atom stereocenters. The zero-order valence-corrected chi connectivity index (χ0v) is 20.8. The van der Waals surface area contributed by atoms with Crippen LogP contribution in [0.2, 0.25) is 0 Å². The number of sulfone groups is 1. The van der Waals surface area contributed by atoms with E-state index in [1.54, 1.807) is 18.3 Å². The van der Waals surface area contributed by atoms with Crippen LogP contribution in [-0.4, -0.2) is 35.5 Å². The summed E-state index contributed by atoms with van der Waals surface area (Å²) in [4.78, 5) is 12.9. The van der Waals surface area contributed by atoms with Gasteiger partial charge in [-0.15, -0.1) is 0 Å². The van der Waals surface area contributed by atoms with Gasteiger partial charge in [0.05, 0.1) is 16.3 Å². The lowest BCUT2D eigenvalue weighted by Crippen LogP contribution is -2.27. The van der Waals surface area contributed by atoms with Crippen LogP contribution in [0.15, 0.2) is 83.9 Å². The van der Waals surface area contributed by atoms with Crippen LogP contribution in [0.4, 0.5) is 4.79 Å². The highest BCUT2D eigenvalue weighted by atomic mass is 32.2. The molecule has 4 rings (SSSR count). The summed E-state index contributed by atoms with van der Waals surface area (Å²) in [7, 11) is -3.25. The Balaban J connectivity index is 1.67. The first-order chi connectivity index (χ1) is 15.9. The fourth-order valence-corrected chi connectivity index (χ4v) is 4.48. The van der Waals surface area contributed by atoms with Crippen molar-refractivity contribution in [2.45, 2.75) is 38.2 Å². The molecule has 0 saturated carbocycles. The number of hydrogen-bond donors (Lipinski definition) is 0. The van der Waals surface area contributed by atoms with Gasteiger partial charge in [-0.05, 0) is 87.4 Å². The molecule has 0 amide bonds. The van der Waals surface area contributed by atoms with Gasteiger partial charge in [-0.25, -0.2) is 13.2 Å². The molecule has 0 bridgehead atoms. The normalized spacial score (nSPS) is 12.0. The van der Waals surface area contributed by atoms with E-state index in [-0.39, 0.29) is 0 Å². The lowest BCUT2D eigenvalue weighted by Gasteiger charge is -2.20. The van der Waals surface area contributed by atoms with Crippen LogP contribution in [0.25, 0.3) is 28.2 Å². The Morgan fingerprint density at radius 1 is 0.824 bits per heavy atom. The molecule has 0 unspecified atom stereocenters. The first-order valence-electron chi connectivity index (χ1n) is 10.9.